The van der Waals surface area contributed by atoms with Gasteiger partial charge in [0.1, 0.15) is 18.2 Å². The van der Waals surface area contributed by atoms with Crippen molar-refractivity contribution in [3.63, 3.8) is 0 Å². The second-order valence-electron chi connectivity index (χ2n) is 6.87. The van der Waals surface area contributed by atoms with Gasteiger partial charge in [-0.15, -0.1) is 0 Å². The lowest BCUT2D eigenvalue weighted by Gasteiger charge is -2.13. The van der Waals surface area contributed by atoms with Crippen LogP contribution in [0.25, 0.3) is 10.9 Å². The molecule has 0 bridgehead atoms. The molecule has 2 aromatic heterocycles. The van der Waals surface area contributed by atoms with Crippen LogP contribution in [0.2, 0.25) is 0 Å². The standard InChI is InChI=1S/C23H20F2N2O/c1-15-16(2)27(13-17-3-7-19(24)8-4-17)23-21(15)11-26-12-22(23)28-14-18-5-9-20(25)10-6-18/h3-12H,13-14H2,1-2H3. The number of benzene rings is 2. The second-order valence-corrected chi connectivity index (χ2v) is 6.87. The van der Waals surface area contributed by atoms with Crippen molar-refractivity contribution in [2.24, 2.45) is 0 Å². The fourth-order valence-electron chi connectivity index (χ4n) is 3.37. The summed E-state index contributed by atoms with van der Waals surface area (Å²) >= 11 is 0. The highest BCUT2D eigenvalue weighted by atomic mass is 19.1. The summed E-state index contributed by atoms with van der Waals surface area (Å²) in [7, 11) is 0. The molecule has 0 radical (unpaired) electrons. The van der Waals surface area contributed by atoms with Crippen LogP contribution >= 0.6 is 0 Å². The van der Waals surface area contributed by atoms with E-state index in [1.807, 2.05) is 6.20 Å². The minimum Gasteiger partial charge on any atom is -0.485 e. The topological polar surface area (TPSA) is 27.1 Å². The van der Waals surface area contributed by atoms with Gasteiger partial charge in [0.25, 0.3) is 0 Å². The van der Waals surface area contributed by atoms with E-state index in [0.717, 1.165) is 33.3 Å². The van der Waals surface area contributed by atoms with Gasteiger partial charge in [-0.1, -0.05) is 24.3 Å². The molecule has 0 saturated heterocycles. The van der Waals surface area contributed by atoms with Gasteiger partial charge in [0.05, 0.1) is 11.7 Å². The highest BCUT2D eigenvalue weighted by Crippen LogP contribution is 2.32. The third-order valence-electron chi connectivity index (χ3n) is 5.07. The summed E-state index contributed by atoms with van der Waals surface area (Å²) in [5, 5.41) is 1.02. The van der Waals surface area contributed by atoms with E-state index in [1.165, 1.54) is 24.3 Å². The molecule has 0 aliphatic heterocycles. The van der Waals surface area contributed by atoms with Crippen molar-refractivity contribution in [1.29, 1.82) is 0 Å². The molecule has 142 valence electrons. The summed E-state index contributed by atoms with van der Waals surface area (Å²) in [6.45, 7) is 5.04. The Hall–Kier alpha value is -3.21. The summed E-state index contributed by atoms with van der Waals surface area (Å²) in [6, 6.07) is 12.8. The number of hydrogen-bond acceptors (Lipinski definition) is 2. The van der Waals surface area contributed by atoms with E-state index in [9.17, 15) is 8.78 Å². The van der Waals surface area contributed by atoms with Crippen molar-refractivity contribution in [2.75, 3.05) is 0 Å². The molecule has 0 unspecified atom stereocenters. The predicted molar refractivity (Wildman–Crippen MR) is 105 cm³/mol. The van der Waals surface area contributed by atoms with E-state index in [-0.39, 0.29) is 11.6 Å². The van der Waals surface area contributed by atoms with Gasteiger partial charge in [0.2, 0.25) is 0 Å². The van der Waals surface area contributed by atoms with Crippen LogP contribution < -0.4 is 4.74 Å². The number of fused-ring (bicyclic) bond motifs is 1. The first kappa shape index (κ1) is 18.2. The SMILES string of the molecule is Cc1c(C)n(Cc2ccc(F)cc2)c2c(OCc3ccc(F)cc3)cncc12. The normalized spacial score (nSPS) is 11.1. The molecule has 0 atom stereocenters. The minimum absolute atomic E-state index is 0.249. The third kappa shape index (κ3) is 3.48. The van der Waals surface area contributed by atoms with Gasteiger partial charge >= 0.3 is 0 Å². The average Bonchev–Trinajstić information content (AvgIpc) is 2.95. The lowest BCUT2D eigenvalue weighted by Crippen LogP contribution is -2.04. The highest BCUT2D eigenvalue weighted by molar-refractivity contribution is 5.89. The van der Waals surface area contributed by atoms with Crippen LogP contribution in [0.15, 0.2) is 60.9 Å². The Morgan fingerprint density at radius 1 is 0.857 bits per heavy atom. The van der Waals surface area contributed by atoms with Crippen LogP contribution in [0, 0.1) is 25.5 Å². The number of nitrogens with zero attached hydrogens (tertiary/aromatic N) is 2. The summed E-state index contributed by atoms with van der Waals surface area (Å²) in [4.78, 5) is 4.33. The van der Waals surface area contributed by atoms with Gasteiger partial charge < -0.3 is 9.30 Å². The predicted octanol–water partition coefficient (Wildman–Crippen LogP) is 5.56. The van der Waals surface area contributed by atoms with Gasteiger partial charge in [0, 0.05) is 23.8 Å². The molecule has 2 aromatic carbocycles. The van der Waals surface area contributed by atoms with E-state index in [4.69, 9.17) is 4.74 Å². The van der Waals surface area contributed by atoms with E-state index < -0.39 is 0 Å². The number of pyridine rings is 1. The monoisotopic (exact) mass is 378 g/mol. The molecule has 0 N–H and O–H groups in total. The lowest BCUT2D eigenvalue weighted by molar-refractivity contribution is 0.307. The molecular weight excluding hydrogens is 358 g/mol. The molecule has 3 nitrogen and oxygen atoms in total. The molecule has 0 amide bonds. The molecule has 0 aliphatic rings. The summed E-state index contributed by atoms with van der Waals surface area (Å²) < 4.78 is 34.6. The molecule has 0 saturated carbocycles. The minimum atomic E-state index is -0.271. The van der Waals surface area contributed by atoms with Crippen molar-refractivity contribution in [3.8, 4) is 5.75 Å². The van der Waals surface area contributed by atoms with Gasteiger partial charge in [-0.2, -0.15) is 0 Å². The molecule has 2 heterocycles. The number of ether oxygens (including phenoxy) is 1. The number of rotatable bonds is 5. The maximum atomic E-state index is 13.3. The van der Waals surface area contributed by atoms with Gasteiger partial charge in [-0.3, -0.25) is 4.98 Å². The third-order valence-corrected chi connectivity index (χ3v) is 5.07. The highest BCUT2D eigenvalue weighted by Gasteiger charge is 2.16. The quantitative estimate of drug-likeness (QED) is 0.455. The van der Waals surface area contributed by atoms with E-state index in [0.29, 0.717) is 18.9 Å². The van der Waals surface area contributed by atoms with E-state index in [1.54, 1.807) is 30.5 Å². The molecule has 4 rings (SSSR count). The Labute approximate surface area is 162 Å². The average molecular weight is 378 g/mol. The Bertz CT molecular complexity index is 1120. The zero-order chi connectivity index (χ0) is 19.7. The second kappa shape index (κ2) is 7.43. The van der Waals surface area contributed by atoms with Crippen molar-refractivity contribution in [3.05, 3.63) is 94.9 Å². The zero-order valence-corrected chi connectivity index (χ0v) is 15.7. The Morgan fingerprint density at radius 3 is 2.11 bits per heavy atom. The van der Waals surface area contributed by atoms with E-state index >= 15 is 0 Å². The Morgan fingerprint density at radius 2 is 1.46 bits per heavy atom. The Kier molecular flexibility index (Phi) is 4.82. The molecule has 0 spiro atoms. The van der Waals surface area contributed by atoms with Crippen LogP contribution in [0.3, 0.4) is 0 Å². The molecular formula is C23H20F2N2O. The number of aryl methyl sites for hydroxylation is 1. The van der Waals surface area contributed by atoms with Crippen molar-refractivity contribution in [1.82, 2.24) is 9.55 Å². The fraction of sp³-hybridized carbons (Fsp3) is 0.174. The van der Waals surface area contributed by atoms with Crippen molar-refractivity contribution >= 4 is 10.9 Å². The molecule has 28 heavy (non-hydrogen) atoms. The molecule has 4 aromatic rings. The first-order valence-electron chi connectivity index (χ1n) is 9.08. The van der Waals surface area contributed by atoms with Gasteiger partial charge in [-0.25, -0.2) is 8.78 Å². The molecule has 0 aliphatic carbocycles. The van der Waals surface area contributed by atoms with E-state index in [2.05, 4.69) is 23.4 Å². The van der Waals surface area contributed by atoms with Crippen LogP contribution in [0.5, 0.6) is 5.75 Å². The summed E-state index contributed by atoms with van der Waals surface area (Å²) in [6.07, 6.45) is 3.54. The van der Waals surface area contributed by atoms with Gasteiger partial charge in [0.15, 0.2) is 5.75 Å². The lowest BCUT2D eigenvalue weighted by atomic mass is 10.2. The first-order valence-corrected chi connectivity index (χ1v) is 9.08. The van der Waals surface area contributed by atoms with Crippen LogP contribution in [0.1, 0.15) is 22.4 Å². The number of halogens is 2. The fourth-order valence-corrected chi connectivity index (χ4v) is 3.37. The first-order chi connectivity index (χ1) is 13.5. The molecule has 0 fully saturated rings. The number of hydrogen-bond donors (Lipinski definition) is 0. The van der Waals surface area contributed by atoms with Crippen molar-refractivity contribution in [2.45, 2.75) is 27.0 Å². The summed E-state index contributed by atoms with van der Waals surface area (Å²) in [5.41, 5.74) is 5.08. The smallest absolute Gasteiger partial charge is 0.162 e. The Balaban J connectivity index is 1.71. The maximum absolute atomic E-state index is 13.3. The number of aromatic nitrogens is 2. The molecule has 5 heteroatoms. The summed E-state index contributed by atoms with van der Waals surface area (Å²) in [5.74, 6) is 0.147. The van der Waals surface area contributed by atoms with Gasteiger partial charge in [-0.05, 0) is 54.8 Å². The van der Waals surface area contributed by atoms with Crippen LogP contribution in [0.4, 0.5) is 8.78 Å². The van der Waals surface area contributed by atoms with Crippen LogP contribution in [-0.4, -0.2) is 9.55 Å². The largest absolute Gasteiger partial charge is 0.485 e. The maximum Gasteiger partial charge on any atom is 0.162 e. The van der Waals surface area contributed by atoms with Crippen molar-refractivity contribution < 1.29 is 13.5 Å². The van der Waals surface area contributed by atoms with Crippen LogP contribution in [-0.2, 0) is 13.2 Å². The zero-order valence-electron chi connectivity index (χ0n) is 15.7.